The quantitative estimate of drug-likeness (QED) is 0.811. The third kappa shape index (κ3) is 5.21. The van der Waals surface area contributed by atoms with Crippen molar-refractivity contribution in [3.05, 3.63) is 35.9 Å². The molecule has 116 valence electrons. The van der Waals surface area contributed by atoms with Gasteiger partial charge >= 0.3 is 0 Å². The Bertz CT molecular complexity index is 469. The third-order valence-corrected chi connectivity index (χ3v) is 3.77. The van der Waals surface area contributed by atoms with Crippen molar-refractivity contribution >= 4 is 11.8 Å². The Balaban J connectivity index is 2.88. The lowest BCUT2D eigenvalue weighted by molar-refractivity contribution is -0.130. The van der Waals surface area contributed by atoms with E-state index in [4.69, 9.17) is 0 Å². The molecule has 4 heteroatoms. The van der Waals surface area contributed by atoms with Gasteiger partial charge in [-0.3, -0.25) is 9.59 Å². The van der Waals surface area contributed by atoms with Crippen LogP contribution in [0.25, 0.3) is 0 Å². The average Bonchev–Trinajstić information content (AvgIpc) is 2.47. The fourth-order valence-electron chi connectivity index (χ4n) is 1.91. The van der Waals surface area contributed by atoms with Crippen LogP contribution in [0.5, 0.6) is 0 Å². The van der Waals surface area contributed by atoms with Crippen LogP contribution in [0.3, 0.4) is 0 Å². The van der Waals surface area contributed by atoms with E-state index in [0.29, 0.717) is 6.54 Å². The van der Waals surface area contributed by atoms with Crippen molar-refractivity contribution in [2.24, 2.45) is 5.41 Å². The first-order valence-electron chi connectivity index (χ1n) is 7.53. The van der Waals surface area contributed by atoms with Crippen LogP contribution in [0, 0.1) is 5.41 Å². The minimum Gasteiger partial charge on any atom is -0.356 e. The standard InChI is InChI=1S/C17H26N2O2/c1-5-17(3,4)16(21)19-14(12-15(20)18-6-2)13-10-8-7-9-11-13/h7-11,14H,5-6,12H2,1-4H3,(H,18,20)(H,19,21)/t14-/m0/s1. The Morgan fingerprint density at radius 2 is 1.76 bits per heavy atom. The van der Waals surface area contributed by atoms with Gasteiger partial charge in [0.15, 0.2) is 0 Å². The molecule has 21 heavy (non-hydrogen) atoms. The SMILES string of the molecule is CCNC(=O)C[C@H](NC(=O)C(C)(C)CC)c1ccccc1. The van der Waals surface area contributed by atoms with Gasteiger partial charge in [0, 0.05) is 12.0 Å². The second-order valence-electron chi connectivity index (χ2n) is 5.83. The van der Waals surface area contributed by atoms with E-state index in [9.17, 15) is 9.59 Å². The van der Waals surface area contributed by atoms with E-state index < -0.39 is 5.41 Å². The molecule has 0 bridgehead atoms. The van der Waals surface area contributed by atoms with Gasteiger partial charge in [-0.25, -0.2) is 0 Å². The second-order valence-corrected chi connectivity index (χ2v) is 5.83. The summed E-state index contributed by atoms with van der Waals surface area (Å²) in [6.07, 6.45) is 1.00. The minimum atomic E-state index is -0.436. The largest absolute Gasteiger partial charge is 0.356 e. The first-order valence-corrected chi connectivity index (χ1v) is 7.53. The summed E-state index contributed by atoms with van der Waals surface area (Å²) in [4.78, 5) is 24.2. The van der Waals surface area contributed by atoms with Gasteiger partial charge in [0.1, 0.15) is 0 Å². The molecule has 0 heterocycles. The molecule has 1 aromatic rings. The summed E-state index contributed by atoms with van der Waals surface area (Å²) in [5, 5.41) is 5.80. The highest BCUT2D eigenvalue weighted by molar-refractivity contribution is 5.83. The van der Waals surface area contributed by atoms with Crippen molar-refractivity contribution in [3.8, 4) is 0 Å². The predicted molar refractivity (Wildman–Crippen MR) is 84.7 cm³/mol. The molecule has 0 aliphatic heterocycles. The van der Waals surface area contributed by atoms with Gasteiger partial charge in [0.25, 0.3) is 0 Å². The molecule has 0 aliphatic carbocycles. The van der Waals surface area contributed by atoms with Gasteiger partial charge in [-0.1, -0.05) is 51.1 Å². The molecular formula is C17H26N2O2. The van der Waals surface area contributed by atoms with Crippen molar-refractivity contribution in [2.45, 2.75) is 46.6 Å². The van der Waals surface area contributed by atoms with Crippen LogP contribution in [0.1, 0.15) is 52.1 Å². The summed E-state index contributed by atoms with van der Waals surface area (Å²) in [5.41, 5.74) is 0.512. The Hall–Kier alpha value is -1.84. The van der Waals surface area contributed by atoms with E-state index in [1.54, 1.807) is 0 Å². The molecule has 0 saturated heterocycles. The number of amides is 2. The van der Waals surface area contributed by atoms with Gasteiger partial charge < -0.3 is 10.6 Å². The lowest BCUT2D eigenvalue weighted by Crippen LogP contribution is -2.40. The van der Waals surface area contributed by atoms with E-state index in [2.05, 4.69) is 10.6 Å². The number of nitrogens with one attached hydrogen (secondary N) is 2. The van der Waals surface area contributed by atoms with Crippen molar-refractivity contribution < 1.29 is 9.59 Å². The highest BCUT2D eigenvalue weighted by Crippen LogP contribution is 2.23. The summed E-state index contributed by atoms with van der Waals surface area (Å²) in [7, 11) is 0. The molecule has 0 fully saturated rings. The summed E-state index contributed by atoms with van der Waals surface area (Å²) < 4.78 is 0. The molecule has 1 aromatic carbocycles. The van der Waals surface area contributed by atoms with E-state index >= 15 is 0 Å². The number of benzene rings is 1. The van der Waals surface area contributed by atoms with Crippen LogP contribution in [0.4, 0.5) is 0 Å². The summed E-state index contributed by atoms with van der Waals surface area (Å²) in [5.74, 6) is -0.0795. The molecule has 0 spiro atoms. The fourth-order valence-corrected chi connectivity index (χ4v) is 1.91. The molecule has 0 unspecified atom stereocenters. The molecule has 0 aliphatic rings. The number of carbonyl (C=O) groups is 2. The highest BCUT2D eigenvalue weighted by Gasteiger charge is 2.28. The Morgan fingerprint density at radius 3 is 2.29 bits per heavy atom. The third-order valence-electron chi connectivity index (χ3n) is 3.77. The lowest BCUT2D eigenvalue weighted by Gasteiger charge is -2.26. The molecule has 2 amide bonds. The summed E-state index contributed by atoms with van der Waals surface area (Å²) in [6, 6.07) is 9.32. The zero-order valence-corrected chi connectivity index (χ0v) is 13.4. The van der Waals surface area contributed by atoms with Gasteiger partial charge in [-0.2, -0.15) is 0 Å². The van der Waals surface area contributed by atoms with Crippen molar-refractivity contribution in [1.82, 2.24) is 10.6 Å². The topological polar surface area (TPSA) is 58.2 Å². The lowest BCUT2D eigenvalue weighted by atomic mass is 9.88. The predicted octanol–water partition coefficient (Wildman–Crippen LogP) is 2.81. The van der Waals surface area contributed by atoms with Crippen LogP contribution in [0.2, 0.25) is 0 Å². The van der Waals surface area contributed by atoms with Crippen LogP contribution >= 0.6 is 0 Å². The van der Waals surface area contributed by atoms with Gasteiger partial charge in [-0.05, 0) is 18.9 Å². The number of carbonyl (C=O) groups excluding carboxylic acids is 2. The number of hydrogen-bond donors (Lipinski definition) is 2. The second kappa shape index (κ2) is 7.81. The van der Waals surface area contributed by atoms with Crippen molar-refractivity contribution in [1.29, 1.82) is 0 Å². The zero-order chi connectivity index (χ0) is 15.9. The Labute approximate surface area is 127 Å². The molecule has 1 atom stereocenters. The summed E-state index contributed by atoms with van der Waals surface area (Å²) >= 11 is 0. The zero-order valence-electron chi connectivity index (χ0n) is 13.4. The maximum atomic E-state index is 12.4. The highest BCUT2D eigenvalue weighted by atomic mass is 16.2. The van der Waals surface area contributed by atoms with Gasteiger partial charge in [-0.15, -0.1) is 0 Å². The smallest absolute Gasteiger partial charge is 0.226 e. The van der Waals surface area contributed by atoms with Crippen LogP contribution < -0.4 is 10.6 Å². The Kier molecular flexibility index (Phi) is 6.40. The van der Waals surface area contributed by atoms with E-state index in [0.717, 1.165) is 12.0 Å². The average molecular weight is 290 g/mol. The molecule has 0 radical (unpaired) electrons. The van der Waals surface area contributed by atoms with E-state index in [1.807, 2.05) is 58.0 Å². The molecule has 0 saturated carbocycles. The van der Waals surface area contributed by atoms with Crippen LogP contribution in [-0.4, -0.2) is 18.4 Å². The number of hydrogen-bond acceptors (Lipinski definition) is 2. The summed E-state index contributed by atoms with van der Waals surface area (Å²) in [6.45, 7) is 8.29. The first-order chi connectivity index (χ1) is 9.90. The van der Waals surface area contributed by atoms with Gasteiger partial charge in [0.2, 0.25) is 11.8 Å². The first kappa shape index (κ1) is 17.2. The van der Waals surface area contributed by atoms with Crippen LogP contribution in [-0.2, 0) is 9.59 Å². The molecule has 1 rings (SSSR count). The fraction of sp³-hybridized carbons (Fsp3) is 0.529. The van der Waals surface area contributed by atoms with Crippen molar-refractivity contribution in [2.75, 3.05) is 6.54 Å². The van der Waals surface area contributed by atoms with Crippen molar-refractivity contribution in [3.63, 3.8) is 0 Å². The van der Waals surface area contributed by atoms with Crippen LogP contribution in [0.15, 0.2) is 30.3 Å². The monoisotopic (exact) mass is 290 g/mol. The van der Waals surface area contributed by atoms with E-state index in [1.165, 1.54) is 0 Å². The maximum absolute atomic E-state index is 12.4. The minimum absolute atomic E-state index is 0.0249. The molecule has 4 nitrogen and oxygen atoms in total. The molecule has 2 N–H and O–H groups in total. The number of rotatable bonds is 7. The molecular weight excluding hydrogens is 264 g/mol. The molecule has 0 aromatic heterocycles. The maximum Gasteiger partial charge on any atom is 0.226 e. The van der Waals surface area contributed by atoms with E-state index in [-0.39, 0.29) is 24.3 Å². The normalized spacial score (nSPS) is 12.6. The van der Waals surface area contributed by atoms with Gasteiger partial charge in [0.05, 0.1) is 12.5 Å². The Morgan fingerprint density at radius 1 is 1.14 bits per heavy atom.